The molecule has 1 aromatic heterocycles. The molecule has 3 aromatic rings. The number of benzene rings is 2. The minimum atomic E-state index is -4.52. The minimum Gasteiger partial charge on any atom is -0.493 e. The van der Waals surface area contributed by atoms with Crippen LogP contribution in [-0.2, 0) is 11.2 Å². The van der Waals surface area contributed by atoms with E-state index < -0.39 is 18.7 Å². The van der Waals surface area contributed by atoms with E-state index in [9.17, 15) is 23.2 Å². The molecule has 0 saturated heterocycles. The third-order valence-corrected chi connectivity index (χ3v) is 5.24. The van der Waals surface area contributed by atoms with Crippen LogP contribution in [0.3, 0.4) is 0 Å². The molecule has 0 atom stereocenters. The van der Waals surface area contributed by atoms with Crippen LogP contribution in [0.25, 0.3) is 10.6 Å². The van der Waals surface area contributed by atoms with Crippen LogP contribution in [0.15, 0.2) is 41.8 Å². The lowest BCUT2D eigenvalue weighted by Gasteiger charge is -2.11. The number of thiazole rings is 1. The molecule has 0 spiro atoms. The summed E-state index contributed by atoms with van der Waals surface area (Å²) in [5, 5.41) is 14.2. The summed E-state index contributed by atoms with van der Waals surface area (Å²) in [5.74, 6) is 0.531. The molecule has 0 aliphatic rings. The van der Waals surface area contributed by atoms with Gasteiger partial charge in [-0.2, -0.15) is 18.4 Å². The number of alkyl halides is 3. The van der Waals surface area contributed by atoms with Crippen molar-refractivity contribution in [3.05, 3.63) is 53.0 Å². The maximum absolute atomic E-state index is 12.4. The van der Waals surface area contributed by atoms with Gasteiger partial charge in [-0.1, -0.05) is 0 Å². The summed E-state index contributed by atoms with van der Waals surface area (Å²) in [5.41, 5.74) is 1.47. The number of methoxy groups -OCH3 is 2. The van der Waals surface area contributed by atoms with Crippen LogP contribution < -0.4 is 19.5 Å². The lowest BCUT2D eigenvalue weighted by Crippen LogP contribution is -2.19. The quantitative estimate of drug-likeness (QED) is 0.500. The highest BCUT2D eigenvalue weighted by molar-refractivity contribution is 7.13. The van der Waals surface area contributed by atoms with Gasteiger partial charge in [-0.15, -0.1) is 11.3 Å². The molecular formula is C22H18F3N3O4S. The molecule has 0 fully saturated rings. The molecule has 0 aliphatic carbocycles. The van der Waals surface area contributed by atoms with Crippen molar-refractivity contribution < 1.29 is 32.2 Å². The largest absolute Gasteiger partial charge is 0.493 e. The number of amides is 1. The van der Waals surface area contributed by atoms with Crippen molar-refractivity contribution >= 4 is 22.9 Å². The predicted molar refractivity (Wildman–Crippen MR) is 116 cm³/mol. The molecule has 0 unspecified atom stereocenters. The van der Waals surface area contributed by atoms with Gasteiger partial charge in [-0.05, 0) is 36.4 Å². The van der Waals surface area contributed by atoms with Crippen molar-refractivity contribution in [2.75, 3.05) is 26.1 Å². The molecule has 33 heavy (non-hydrogen) atoms. The number of nitrogens with one attached hydrogen (secondary N) is 1. The maximum Gasteiger partial charge on any atom is 0.422 e. The van der Waals surface area contributed by atoms with Gasteiger partial charge < -0.3 is 19.5 Å². The summed E-state index contributed by atoms with van der Waals surface area (Å²) < 4.78 is 52.2. The highest BCUT2D eigenvalue weighted by Gasteiger charge is 2.29. The third kappa shape index (κ3) is 6.36. The topological polar surface area (TPSA) is 93.5 Å². The Bertz CT molecular complexity index is 1190. The molecule has 0 saturated carbocycles. The zero-order valence-corrected chi connectivity index (χ0v) is 18.3. The Balaban J connectivity index is 1.66. The van der Waals surface area contributed by atoms with E-state index in [1.54, 1.807) is 30.7 Å². The van der Waals surface area contributed by atoms with E-state index in [0.29, 0.717) is 22.2 Å². The van der Waals surface area contributed by atoms with Crippen molar-refractivity contribution in [2.45, 2.75) is 12.6 Å². The van der Waals surface area contributed by atoms with E-state index in [-0.39, 0.29) is 23.4 Å². The zero-order chi connectivity index (χ0) is 24.0. The molecule has 0 aliphatic heterocycles. The Labute approximate surface area is 191 Å². The summed E-state index contributed by atoms with van der Waals surface area (Å²) in [6.07, 6.45) is -4.55. The van der Waals surface area contributed by atoms with Crippen LogP contribution in [0.4, 0.5) is 18.9 Å². The Morgan fingerprint density at radius 1 is 1.12 bits per heavy atom. The van der Waals surface area contributed by atoms with Crippen molar-refractivity contribution in [3.63, 3.8) is 0 Å². The van der Waals surface area contributed by atoms with Crippen LogP contribution in [0.5, 0.6) is 17.2 Å². The van der Waals surface area contributed by atoms with E-state index >= 15 is 0 Å². The van der Waals surface area contributed by atoms with Crippen LogP contribution in [0.1, 0.15) is 11.3 Å². The normalized spacial score (nSPS) is 10.9. The van der Waals surface area contributed by atoms with Gasteiger partial charge in [0, 0.05) is 16.6 Å². The first-order valence-electron chi connectivity index (χ1n) is 9.42. The van der Waals surface area contributed by atoms with Crippen molar-refractivity contribution in [2.24, 2.45) is 0 Å². The van der Waals surface area contributed by atoms with E-state index in [2.05, 4.69) is 15.0 Å². The monoisotopic (exact) mass is 477 g/mol. The molecule has 3 rings (SSSR count). The van der Waals surface area contributed by atoms with Gasteiger partial charge >= 0.3 is 6.18 Å². The predicted octanol–water partition coefficient (Wildman–Crippen LogP) is 4.82. The number of aromatic nitrogens is 1. The first kappa shape index (κ1) is 23.9. The second kappa shape index (κ2) is 10.2. The number of halogens is 3. The molecule has 2 aromatic carbocycles. The van der Waals surface area contributed by atoms with E-state index in [0.717, 1.165) is 5.56 Å². The lowest BCUT2D eigenvalue weighted by atomic mass is 10.2. The van der Waals surface area contributed by atoms with Crippen molar-refractivity contribution in [3.8, 4) is 33.9 Å². The first-order valence-corrected chi connectivity index (χ1v) is 10.3. The van der Waals surface area contributed by atoms with E-state index in [1.807, 2.05) is 6.07 Å². The van der Waals surface area contributed by atoms with Gasteiger partial charge in [0.25, 0.3) is 0 Å². The fraction of sp³-hybridized carbons (Fsp3) is 0.227. The van der Waals surface area contributed by atoms with Crippen LogP contribution >= 0.6 is 11.3 Å². The van der Waals surface area contributed by atoms with Gasteiger partial charge in [0.1, 0.15) is 16.8 Å². The number of anilines is 1. The minimum absolute atomic E-state index is 0.0298. The summed E-state index contributed by atoms with van der Waals surface area (Å²) in [6.45, 7) is -1.51. The van der Waals surface area contributed by atoms with Gasteiger partial charge in [0.2, 0.25) is 5.91 Å². The number of rotatable bonds is 8. The summed E-state index contributed by atoms with van der Waals surface area (Å²) in [7, 11) is 3.08. The standard InChI is InChI=1S/C22H18F3N3O4S/c1-30-18-5-3-13(8-19(18)31-2)21-28-16(11-33-21)9-20(29)27-15-4-6-17(14(7-15)10-26)32-12-22(23,24)25/h3-8,11H,9,12H2,1-2H3,(H,27,29). The van der Waals surface area contributed by atoms with Gasteiger partial charge in [0.15, 0.2) is 18.1 Å². The Morgan fingerprint density at radius 3 is 2.52 bits per heavy atom. The highest BCUT2D eigenvalue weighted by Crippen LogP contribution is 2.33. The Kier molecular flexibility index (Phi) is 7.40. The number of hydrogen-bond donors (Lipinski definition) is 1. The summed E-state index contributed by atoms with van der Waals surface area (Å²) in [6, 6.07) is 11.0. The number of nitrogens with zero attached hydrogens (tertiary/aromatic N) is 2. The molecule has 0 radical (unpaired) electrons. The SMILES string of the molecule is COc1ccc(-c2nc(CC(=O)Nc3ccc(OCC(F)(F)F)c(C#N)c3)cs2)cc1OC. The first-order chi connectivity index (χ1) is 15.7. The third-order valence-electron chi connectivity index (χ3n) is 4.30. The van der Waals surface area contributed by atoms with E-state index in [4.69, 9.17) is 9.47 Å². The molecule has 11 heteroatoms. The van der Waals surface area contributed by atoms with Crippen LogP contribution in [0, 0.1) is 11.3 Å². The number of carbonyl (C=O) groups is 1. The van der Waals surface area contributed by atoms with Crippen molar-refractivity contribution in [1.82, 2.24) is 4.98 Å². The molecule has 0 bridgehead atoms. The fourth-order valence-electron chi connectivity index (χ4n) is 2.84. The average molecular weight is 477 g/mol. The number of carbonyl (C=O) groups excluding carboxylic acids is 1. The number of hydrogen-bond acceptors (Lipinski definition) is 7. The fourth-order valence-corrected chi connectivity index (χ4v) is 3.66. The lowest BCUT2D eigenvalue weighted by molar-refractivity contribution is -0.153. The Morgan fingerprint density at radius 2 is 1.85 bits per heavy atom. The Hall–Kier alpha value is -3.78. The van der Waals surface area contributed by atoms with Crippen LogP contribution in [0.2, 0.25) is 0 Å². The molecule has 7 nitrogen and oxygen atoms in total. The highest BCUT2D eigenvalue weighted by atomic mass is 32.1. The smallest absolute Gasteiger partial charge is 0.422 e. The zero-order valence-electron chi connectivity index (χ0n) is 17.5. The summed E-state index contributed by atoms with van der Waals surface area (Å²) in [4.78, 5) is 16.9. The molecule has 1 amide bonds. The second-order valence-electron chi connectivity index (χ2n) is 6.67. The molecule has 1 N–H and O–H groups in total. The number of ether oxygens (including phenoxy) is 3. The number of nitriles is 1. The van der Waals surface area contributed by atoms with Gasteiger partial charge in [-0.25, -0.2) is 4.98 Å². The van der Waals surface area contributed by atoms with Crippen LogP contribution in [-0.4, -0.2) is 37.9 Å². The van der Waals surface area contributed by atoms with Crippen molar-refractivity contribution in [1.29, 1.82) is 5.26 Å². The average Bonchev–Trinajstić information content (AvgIpc) is 3.25. The van der Waals surface area contributed by atoms with E-state index in [1.165, 1.54) is 36.6 Å². The van der Waals surface area contributed by atoms with Gasteiger partial charge in [-0.3, -0.25) is 4.79 Å². The molecular weight excluding hydrogens is 459 g/mol. The van der Waals surface area contributed by atoms with Gasteiger partial charge in [0.05, 0.1) is 31.9 Å². The summed E-state index contributed by atoms with van der Waals surface area (Å²) >= 11 is 1.36. The molecule has 172 valence electrons. The second-order valence-corrected chi connectivity index (χ2v) is 7.52. The maximum atomic E-state index is 12.4. The molecule has 1 heterocycles.